The maximum atomic E-state index is 13.2. The summed E-state index contributed by atoms with van der Waals surface area (Å²) in [5.74, 6) is -0.250. The Hall–Kier alpha value is -4.10. The summed E-state index contributed by atoms with van der Waals surface area (Å²) in [6.45, 7) is 3.88. The van der Waals surface area contributed by atoms with Gasteiger partial charge in [0.05, 0.1) is 11.0 Å². The molecule has 1 amide bonds. The molecule has 182 valence electrons. The first-order valence-electron chi connectivity index (χ1n) is 12.3. The van der Waals surface area contributed by atoms with E-state index in [2.05, 4.69) is 34.1 Å². The minimum atomic E-state index is -0.250. The Morgan fingerprint density at radius 3 is 2.58 bits per heavy atom. The molecule has 3 heterocycles. The maximum Gasteiger partial charge on any atom is 0.274 e. The highest BCUT2D eigenvalue weighted by molar-refractivity contribution is 6.10. The van der Waals surface area contributed by atoms with Gasteiger partial charge in [0.25, 0.3) is 5.91 Å². The van der Waals surface area contributed by atoms with E-state index in [-0.39, 0.29) is 5.91 Å². The smallest absolute Gasteiger partial charge is 0.274 e. The Kier molecular flexibility index (Phi) is 6.73. The van der Waals surface area contributed by atoms with E-state index in [9.17, 15) is 4.79 Å². The van der Waals surface area contributed by atoms with Gasteiger partial charge in [-0.3, -0.25) is 9.78 Å². The van der Waals surface area contributed by atoms with Gasteiger partial charge in [0.15, 0.2) is 6.20 Å². The number of unbranched alkanes of at least 4 members (excludes halogenated alkanes) is 1. The van der Waals surface area contributed by atoms with E-state index in [1.165, 1.54) is 0 Å². The Labute approximate surface area is 210 Å². The Morgan fingerprint density at radius 1 is 0.917 bits per heavy atom. The predicted octanol–water partition coefficient (Wildman–Crippen LogP) is 4.73. The van der Waals surface area contributed by atoms with Crippen LogP contribution in [-0.4, -0.2) is 36.0 Å². The van der Waals surface area contributed by atoms with Gasteiger partial charge in [-0.25, -0.2) is 4.98 Å². The number of anilines is 2. The highest BCUT2D eigenvalue weighted by atomic mass is 16.1. The van der Waals surface area contributed by atoms with Gasteiger partial charge in [-0.15, -0.1) is 0 Å². The molecule has 3 N–H and O–H groups in total. The van der Waals surface area contributed by atoms with Crippen LogP contribution in [0.4, 0.5) is 11.4 Å². The summed E-state index contributed by atoms with van der Waals surface area (Å²) in [6, 6.07) is 20.0. The summed E-state index contributed by atoms with van der Waals surface area (Å²) in [4.78, 5) is 22.8. The van der Waals surface area contributed by atoms with Crippen LogP contribution in [0.5, 0.6) is 0 Å². The third kappa shape index (κ3) is 4.83. The number of hydrogen-bond acceptors (Lipinski definition) is 5. The molecular formula is C29H31N6O+. The molecule has 0 unspecified atom stereocenters. The Morgan fingerprint density at radius 2 is 1.72 bits per heavy atom. The number of fused-ring (bicyclic) bond motifs is 4. The summed E-state index contributed by atoms with van der Waals surface area (Å²) in [6.07, 6.45) is 4.10. The summed E-state index contributed by atoms with van der Waals surface area (Å²) >= 11 is 0. The number of hydrogen-bond donors (Lipinski definition) is 3. The average Bonchev–Trinajstić information content (AvgIpc) is 2.88. The third-order valence-corrected chi connectivity index (χ3v) is 6.39. The lowest BCUT2D eigenvalue weighted by Crippen LogP contribution is -2.29. The van der Waals surface area contributed by atoms with E-state index in [0.717, 1.165) is 75.7 Å². The molecule has 5 rings (SSSR count). The van der Waals surface area contributed by atoms with Gasteiger partial charge in [-0.1, -0.05) is 24.3 Å². The molecule has 0 atom stereocenters. The summed E-state index contributed by atoms with van der Waals surface area (Å²) in [5, 5.41) is 12.8. The van der Waals surface area contributed by atoms with Gasteiger partial charge in [0.1, 0.15) is 18.4 Å². The van der Waals surface area contributed by atoms with Gasteiger partial charge in [-0.05, 0) is 63.7 Å². The van der Waals surface area contributed by atoms with E-state index < -0.39 is 0 Å². The fourth-order valence-corrected chi connectivity index (χ4v) is 4.60. The van der Waals surface area contributed by atoms with Crippen molar-refractivity contribution in [3.8, 4) is 0 Å². The molecule has 2 aromatic carbocycles. The maximum absolute atomic E-state index is 13.2. The van der Waals surface area contributed by atoms with Crippen LogP contribution in [0.25, 0.3) is 32.7 Å². The predicted molar refractivity (Wildman–Crippen MR) is 147 cm³/mol. The van der Waals surface area contributed by atoms with E-state index in [1.807, 2.05) is 68.2 Å². The standard InChI is InChI=1S/C29H30N6O/c1-19-16-25(31-15-7-6-14-30-2)23-12-10-20-11-13-24(34-27(20)28(23)32-19)29(36)33-22-17-21-8-4-5-9-26(21)35(3)18-22/h4-5,8-13,16-18,30H,6-7,14-15H2,1-3H3,(H-,31,32,33,36)/p+1. The largest absolute Gasteiger partial charge is 0.384 e. The molecule has 0 saturated carbocycles. The Balaban J connectivity index is 1.46. The zero-order valence-electron chi connectivity index (χ0n) is 20.9. The lowest BCUT2D eigenvalue weighted by atomic mass is 10.1. The van der Waals surface area contributed by atoms with Gasteiger partial charge in [0.2, 0.25) is 5.52 Å². The number of nitrogens with one attached hydrogen (secondary N) is 3. The minimum absolute atomic E-state index is 0.250. The normalized spacial score (nSPS) is 11.3. The van der Waals surface area contributed by atoms with E-state index in [1.54, 1.807) is 6.07 Å². The molecule has 3 aromatic heterocycles. The van der Waals surface area contributed by atoms with Crippen molar-refractivity contribution >= 4 is 50.0 Å². The molecule has 0 aliphatic rings. The van der Waals surface area contributed by atoms with Gasteiger partial charge in [0, 0.05) is 40.2 Å². The van der Waals surface area contributed by atoms with Crippen LogP contribution in [0.1, 0.15) is 29.0 Å². The van der Waals surface area contributed by atoms with Crippen molar-refractivity contribution in [2.75, 3.05) is 30.8 Å². The van der Waals surface area contributed by atoms with Crippen LogP contribution < -0.4 is 20.5 Å². The van der Waals surface area contributed by atoms with Crippen LogP contribution >= 0.6 is 0 Å². The molecule has 0 aliphatic carbocycles. The van der Waals surface area contributed by atoms with E-state index in [4.69, 9.17) is 9.97 Å². The quantitative estimate of drug-likeness (QED) is 0.170. The first-order chi connectivity index (χ1) is 17.5. The molecule has 7 nitrogen and oxygen atoms in total. The van der Waals surface area contributed by atoms with Crippen LogP contribution in [-0.2, 0) is 7.05 Å². The molecule has 7 heteroatoms. The number of pyridine rings is 3. The molecule has 0 fully saturated rings. The summed E-state index contributed by atoms with van der Waals surface area (Å²) < 4.78 is 2.01. The van der Waals surface area contributed by atoms with Crippen molar-refractivity contribution in [3.05, 3.63) is 78.2 Å². The van der Waals surface area contributed by atoms with Crippen molar-refractivity contribution < 1.29 is 9.36 Å². The SMILES string of the molecule is CNCCCCNc1cc(C)nc2c1ccc1ccc(C(=O)Nc3cc4ccccc4[n+](C)c3)nc12. The van der Waals surface area contributed by atoms with Gasteiger partial charge < -0.3 is 16.0 Å². The summed E-state index contributed by atoms with van der Waals surface area (Å²) in [5.41, 5.74) is 5.66. The number of benzene rings is 2. The molecule has 0 bridgehead atoms. The highest BCUT2D eigenvalue weighted by Crippen LogP contribution is 2.29. The number of carbonyl (C=O) groups excluding carboxylic acids is 1. The monoisotopic (exact) mass is 479 g/mol. The molecule has 0 spiro atoms. The molecule has 0 aliphatic heterocycles. The number of aromatic nitrogens is 3. The second-order valence-electron chi connectivity index (χ2n) is 9.13. The fourth-order valence-electron chi connectivity index (χ4n) is 4.60. The average molecular weight is 480 g/mol. The fraction of sp³-hybridized carbons (Fsp3) is 0.241. The zero-order chi connectivity index (χ0) is 25.1. The van der Waals surface area contributed by atoms with Crippen LogP contribution in [0.2, 0.25) is 0 Å². The lowest BCUT2D eigenvalue weighted by Gasteiger charge is -2.13. The first kappa shape index (κ1) is 23.6. The van der Waals surface area contributed by atoms with Gasteiger partial charge in [-0.2, -0.15) is 4.57 Å². The minimum Gasteiger partial charge on any atom is -0.384 e. The number of nitrogens with zero attached hydrogens (tertiary/aromatic N) is 3. The second kappa shape index (κ2) is 10.3. The molecule has 5 aromatic rings. The van der Waals surface area contributed by atoms with E-state index >= 15 is 0 Å². The number of carbonyl (C=O) groups is 1. The molecular weight excluding hydrogens is 448 g/mol. The van der Waals surface area contributed by atoms with Crippen molar-refractivity contribution in [2.45, 2.75) is 19.8 Å². The van der Waals surface area contributed by atoms with Crippen LogP contribution in [0, 0.1) is 6.92 Å². The van der Waals surface area contributed by atoms with Crippen LogP contribution in [0.15, 0.2) is 66.9 Å². The van der Waals surface area contributed by atoms with Crippen molar-refractivity contribution in [2.24, 2.45) is 7.05 Å². The molecule has 36 heavy (non-hydrogen) atoms. The lowest BCUT2D eigenvalue weighted by molar-refractivity contribution is -0.644. The molecule has 0 saturated heterocycles. The Bertz CT molecular complexity index is 1580. The first-order valence-corrected chi connectivity index (χ1v) is 12.3. The number of para-hydroxylation sites is 1. The number of amides is 1. The summed E-state index contributed by atoms with van der Waals surface area (Å²) in [7, 11) is 3.94. The second-order valence-corrected chi connectivity index (χ2v) is 9.13. The molecule has 0 radical (unpaired) electrons. The van der Waals surface area contributed by atoms with Gasteiger partial charge >= 0.3 is 0 Å². The highest BCUT2D eigenvalue weighted by Gasteiger charge is 2.15. The van der Waals surface area contributed by atoms with E-state index in [0.29, 0.717) is 5.69 Å². The number of rotatable bonds is 8. The zero-order valence-corrected chi connectivity index (χ0v) is 20.9. The number of aryl methyl sites for hydroxylation is 2. The van der Waals surface area contributed by atoms with Crippen molar-refractivity contribution in [1.82, 2.24) is 15.3 Å². The topological polar surface area (TPSA) is 82.8 Å². The van der Waals surface area contributed by atoms with Crippen molar-refractivity contribution in [1.29, 1.82) is 0 Å². The van der Waals surface area contributed by atoms with Crippen LogP contribution in [0.3, 0.4) is 0 Å². The third-order valence-electron chi connectivity index (χ3n) is 6.39. The van der Waals surface area contributed by atoms with Crippen molar-refractivity contribution in [3.63, 3.8) is 0 Å².